The molecule has 1 aliphatic rings. The normalized spacial score (nSPS) is 13.7. The molecular weight excluding hydrogens is 518 g/mol. The van der Waals surface area contributed by atoms with E-state index in [9.17, 15) is 4.79 Å². The van der Waals surface area contributed by atoms with E-state index in [0.717, 1.165) is 30.2 Å². The average Bonchev–Trinajstić information content (AvgIpc) is 3.17. The van der Waals surface area contributed by atoms with E-state index < -0.39 is 0 Å². The molecule has 206 valence electrons. The summed E-state index contributed by atoms with van der Waals surface area (Å²) in [7, 11) is 7.58. The maximum Gasteiger partial charge on any atom is 0.247 e. The largest absolute Gasteiger partial charge is 0.494 e. The predicted octanol–water partition coefficient (Wildman–Crippen LogP) is 4.22. The third-order valence-corrected chi connectivity index (χ3v) is 6.64. The minimum atomic E-state index is -0.320. The first-order valence-electron chi connectivity index (χ1n) is 12.4. The van der Waals surface area contributed by atoms with Gasteiger partial charge in [-0.05, 0) is 38.4 Å². The zero-order chi connectivity index (χ0) is 28.3. The van der Waals surface area contributed by atoms with Crippen molar-refractivity contribution in [3.8, 4) is 5.75 Å². The number of hydrogen-bond acceptors (Lipinski definition) is 10. The summed E-state index contributed by atoms with van der Waals surface area (Å²) in [4.78, 5) is 36.4. The van der Waals surface area contributed by atoms with Gasteiger partial charge in [0.25, 0.3) is 0 Å². The lowest BCUT2D eigenvalue weighted by atomic mass is 9.91. The second kappa shape index (κ2) is 11.4. The minimum Gasteiger partial charge on any atom is -0.494 e. The summed E-state index contributed by atoms with van der Waals surface area (Å²) in [5.74, 6) is 1.04. The van der Waals surface area contributed by atoms with Gasteiger partial charge in [-0.1, -0.05) is 32.0 Å². The lowest BCUT2D eigenvalue weighted by Gasteiger charge is -2.26. The molecule has 39 heavy (non-hydrogen) atoms. The molecule has 1 aliphatic heterocycles. The maximum absolute atomic E-state index is 12.3. The number of nitrogens with one attached hydrogen (secondary N) is 2. The van der Waals surface area contributed by atoms with Crippen molar-refractivity contribution in [2.45, 2.75) is 19.3 Å². The summed E-state index contributed by atoms with van der Waals surface area (Å²) < 4.78 is 5.70. The summed E-state index contributed by atoms with van der Waals surface area (Å²) in [5, 5.41) is 6.58. The molecule has 0 aliphatic carbocycles. The Morgan fingerprint density at radius 1 is 1.18 bits per heavy atom. The number of rotatable bonds is 10. The fraction of sp³-hybridized carbons (Fsp3) is 0.370. The number of halogens is 1. The maximum atomic E-state index is 12.3. The Bertz CT molecular complexity index is 1380. The molecular formula is C27H34ClN9O2. The topological polar surface area (TPSA) is 112 Å². The highest BCUT2D eigenvalue weighted by molar-refractivity contribution is 6.29. The van der Waals surface area contributed by atoms with Crippen LogP contribution in [-0.4, -0.2) is 78.6 Å². The van der Waals surface area contributed by atoms with Crippen molar-refractivity contribution in [2.75, 3.05) is 68.3 Å². The van der Waals surface area contributed by atoms with E-state index in [4.69, 9.17) is 16.3 Å². The number of amides is 1. The smallest absolute Gasteiger partial charge is 0.247 e. The van der Waals surface area contributed by atoms with Crippen molar-refractivity contribution < 1.29 is 9.53 Å². The van der Waals surface area contributed by atoms with Crippen molar-refractivity contribution in [3.63, 3.8) is 0 Å². The number of methoxy groups -OCH3 is 1. The highest BCUT2D eigenvalue weighted by Gasteiger charge is 2.38. The van der Waals surface area contributed by atoms with Gasteiger partial charge in [0.2, 0.25) is 17.8 Å². The highest BCUT2D eigenvalue weighted by Crippen LogP contribution is 2.43. The van der Waals surface area contributed by atoms with Crippen LogP contribution >= 0.6 is 11.6 Å². The van der Waals surface area contributed by atoms with E-state index in [0.29, 0.717) is 40.7 Å². The molecule has 2 N–H and O–H groups in total. The fourth-order valence-electron chi connectivity index (χ4n) is 4.38. The number of fused-ring (bicyclic) bond motifs is 1. The predicted molar refractivity (Wildman–Crippen MR) is 156 cm³/mol. The van der Waals surface area contributed by atoms with Crippen LogP contribution in [0, 0.1) is 0 Å². The first-order chi connectivity index (χ1) is 18.5. The zero-order valence-corrected chi connectivity index (χ0v) is 23.9. The van der Waals surface area contributed by atoms with Crippen LogP contribution in [0.5, 0.6) is 5.75 Å². The van der Waals surface area contributed by atoms with Gasteiger partial charge < -0.3 is 30.1 Å². The molecule has 0 saturated carbocycles. The molecule has 11 nitrogen and oxygen atoms in total. The number of carbonyl (C=O) groups excluding carboxylic acids is 1. The average molecular weight is 552 g/mol. The van der Waals surface area contributed by atoms with Crippen LogP contribution in [0.2, 0.25) is 5.15 Å². The Morgan fingerprint density at radius 2 is 1.95 bits per heavy atom. The van der Waals surface area contributed by atoms with Crippen molar-refractivity contribution in [2.24, 2.45) is 0 Å². The molecule has 0 unspecified atom stereocenters. The Morgan fingerprint density at radius 3 is 2.64 bits per heavy atom. The molecule has 0 saturated heterocycles. The summed E-state index contributed by atoms with van der Waals surface area (Å²) >= 11 is 6.17. The molecule has 4 rings (SSSR count). The molecule has 2 aromatic heterocycles. The molecule has 12 heteroatoms. The summed E-state index contributed by atoms with van der Waals surface area (Å²) in [6.07, 6.45) is 2.69. The number of hydrogen-bond donors (Lipinski definition) is 2. The van der Waals surface area contributed by atoms with Crippen LogP contribution in [0.4, 0.5) is 34.6 Å². The quantitative estimate of drug-likeness (QED) is 0.280. The second-order valence-electron chi connectivity index (χ2n) is 10.2. The molecule has 0 radical (unpaired) electrons. The highest BCUT2D eigenvalue weighted by atomic mass is 35.5. The van der Waals surface area contributed by atoms with Crippen LogP contribution in [0.3, 0.4) is 0 Å². The van der Waals surface area contributed by atoms with Crippen LogP contribution in [-0.2, 0) is 10.2 Å². The van der Waals surface area contributed by atoms with Crippen LogP contribution in [0.25, 0.3) is 0 Å². The first kappa shape index (κ1) is 28.1. The van der Waals surface area contributed by atoms with E-state index in [2.05, 4.69) is 60.8 Å². The Kier molecular flexibility index (Phi) is 8.22. The number of carbonyl (C=O) groups is 1. The monoisotopic (exact) mass is 551 g/mol. The first-order valence-corrected chi connectivity index (χ1v) is 12.8. The van der Waals surface area contributed by atoms with E-state index in [1.807, 2.05) is 38.2 Å². The van der Waals surface area contributed by atoms with E-state index >= 15 is 0 Å². The molecule has 1 aromatic carbocycles. The van der Waals surface area contributed by atoms with Gasteiger partial charge in [0.1, 0.15) is 17.2 Å². The number of likely N-dealkylation sites (N-methyl/N-ethyl adjacent to an activating group) is 2. The molecule has 3 aromatic rings. The number of benzene rings is 1. The zero-order valence-electron chi connectivity index (χ0n) is 23.1. The third-order valence-electron chi connectivity index (χ3n) is 6.43. The molecule has 3 heterocycles. The molecule has 1 amide bonds. The number of pyridine rings is 1. The second-order valence-corrected chi connectivity index (χ2v) is 10.6. The van der Waals surface area contributed by atoms with Crippen LogP contribution in [0.1, 0.15) is 19.5 Å². The number of anilines is 6. The number of ether oxygens (including phenoxy) is 1. The van der Waals surface area contributed by atoms with E-state index in [1.54, 1.807) is 19.2 Å². The van der Waals surface area contributed by atoms with Crippen LogP contribution in [0.15, 0.2) is 43.2 Å². The van der Waals surface area contributed by atoms with Crippen molar-refractivity contribution in [3.05, 3.63) is 54.1 Å². The Hall–Kier alpha value is -3.96. The van der Waals surface area contributed by atoms with Crippen molar-refractivity contribution >= 4 is 52.2 Å². The van der Waals surface area contributed by atoms with Gasteiger partial charge >= 0.3 is 0 Å². The molecule has 0 fully saturated rings. The summed E-state index contributed by atoms with van der Waals surface area (Å²) in [5.41, 5.74) is 3.53. The van der Waals surface area contributed by atoms with Crippen LogP contribution < -0.4 is 25.2 Å². The standard InChI is InChI=1S/C27H34ClN9O2/c1-8-23(38)31-17-13-18(21(39-7)14-20(17)36(6)12-11-35(4)5)32-25-29-16-30-26(34-25)37-15-27(2,3)24-19(37)9-10-22(28)33-24/h8-10,13-14,16H,1,11-12,15H2,2-7H3,(H,31,38)(H,29,30,32,34). The summed E-state index contributed by atoms with van der Waals surface area (Å²) in [6.45, 7) is 10.00. The van der Waals surface area contributed by atoms with Gasteiger partial charge in [0.15, 0.2) is 0 Å². The third kappa shape index (κ3) is 6.21. The molecule has 0 atom stereocenters. The van der Waals surface area contributed by atoms with Crippen molar-refractivity contribution in [1.82, 2.24) is 24.8 Å². The molecule has 0 bridgehead atoms. The van der Waals surface area contributed by atoms with Crippen molar-refractivity contribution in [1.29, 1.82) is 0 Å². The van der Waals surface area contributed by atoms with E-state index in [-0.39, 0.29) is 11.3 Å². The van der Waals surface area contributed by atoms with Gasteiger partial charge in [0, 0.05) is 38.2 Å². The van der Waals surface area contributed by atoms with Gasteiger partial charge in [-0.15, -0.1) is 0 Å². The molecule has 0 spiro atoms. The lowest BCUT2D eigenvalue weighted by molar-refractivity contribution is -0.111. The number of nitrogens with zero attached hydrogens (tertiary/aromatic N) is 7. The SMILES string of the molecule is C=CC(=O)Nc1cc(Nc2ncnc(N3CC(C)(C)c4nc(Cl)ccc43)n2)c(OC)cc1N(C)CCN(C)C. The number of aromatic nitrogens is 4. The van der Waals surface area contributed by atoms with E-state index in [1.165, 1.54) is 12.4 Å². The Balaban J connectivity index is 1.68. The van der Waals surface area contributed by atoms with Gasteiger partial charge in [-0.25, -0.2) is 15.0 Å². The summed E-state index contributed by atoms with van der Waals surface area (Å²) in [6, 6.07) is 7.36. The van der Waals surface area contributed by atoms with Gasteiger partial charge in [-0.3, -0.25) is 4.79 Å². The van der Waals surface area contributed by atoms with Gasteiger partial charge in [0.05, 0.1) is 35.6 Å². The minimum absolute atomic E-state index is 0.240. The fourth-order valence-corrected chi connectivity index (χ4v) is 4.53. The Labute approximate surface area is 233 Å². The van der Waals surface area contributed by atoms with Gasteiger partial charge in [-0.2, -0.15) is 4.98 Å². The lowest BCUT2D eigenvalue weighted by Crippen LogP contribution is -2.29.